The number of thioether (sulfide) groups is 1. The normalized spacial score (nSPS) is 27.8. The molecule has 12 heavy (non-hydrogen) atoms. The Kier molecular flexibility index (Phi) is 4.40. The molecule has 0 spiro atoms. The van der Waals surface area contributed by atoms with E-state index in [9.17, 15) is 0 Å². The fourth-order valence-corrected chi connectivity index (χ4v) is 2.03. The summed E-state index contributed by atoms with van der Waals surface area (Å²) >= 11 is 1.92. The van der Waals surface area contributed by atoms with Gasteiger partial charge in [-0.25, -0.2) is 0 Å². The summed E-state index contributed by atoms with van der Waals surface area (Å²) in [6, 6.07) is 0. The first-order valence-corrected chi connectivity index (χ1v) is 5.91. The van der Waals surface area contributed by atoms with Crippen LogP contribution in [0.5, 0.6) is 0 Å². The van der Waals surface area contributed by atoms with E-state index in [2.05, 4.69) is 18.1 Å². The number of aliphatic hydroxyl groups excluding tert-OH is 1. The first-order chi connectivity index (χ1) is 5.76. The van der Waals surface area contributed by atoms with Crippen LogP contribution in [0.25, 0.3) is 0 Å². The van der Waals surface area contributed by atoms with Gasteiger partial charge in [0.05, 0.1) is 0 Å². The van der Waals surface area contributed by atoms with E-state index in [0.29, 0.717) is 12.5 Å². The van der Waals surface area contributed by atoms with Crippen molar-refractivity contribution in [3.8, 4) is 0 Å². The lowest BCUT2D eigenvalue weighted by Gasteiger charge is -2.18. The van der Waals surface area contributed by atoms with E-state index >= 15 is 0 Å². The Morgan fingerprint density at radius 1 is 1.67 bits per heavy atom. The first kappa shape index (κ1) is 10.4. The van der Waals surface area contributed by atoms with Crippen LogP contribution in [0.1, 0.15) is 13.3 Å². The molecule has 2 atom stereocenters. The van der Waals surface area contributed by atoms with Gasteiger partial charge < -0.3 is 10.0 Å². The lowest BCUT2D eigenvalue weighted by atomic mass is 10.1. The van der Waals surface area contributed by atoms with E-state index in [1.165, 1.54) is 19.5 Å². The van der Waals surface area contributed by atoms with Crippen molar-refractivity contribution in [1.82, 2.24) is 4.90 Å². The molecule has 72 valence electrons. The molecule has 0 saturated carbocycles. The predicted molar refractivity (Wildman–Crippen MR) is 54.6 cm³/mol. The maximum absolute atomic E-state index is 8.94. The van der Waals surface area contributed by atoms with Gasteiger partial charge in [0, 0.05) is 24.9 Å². The minimum atomic E-state index is 0.365. The molecule has 0 bridgehead atoms. The average molecular weight is 189 g/mol. The smallest absolute Gasteiger partial charge is 0.0471 e. The Morgan fingerprint density at radius 2 is 2.42 bits per heavy atom. The lowest BCUT2D eigenvalue weighted by Crippen LogP contribution is -2.27. The van der Waals surface area contributed by atoms with Crippen LogP contribution in [0.2, 0.25) is 0 Å². The molecule has 3 heteroatoms. The van der Waals surface area contributed by atoms with Gasteiger partial charge in [0.1, 0.15) is 0 Å². The fourth-order valence-electron chi connectivity index (χ4n) is 1.67. The molecule has 0 radical (unpaired) electrons. The molecule has 0 aromatic rings. The Hall–Kier alpha value is 0.270. The molecule has 0 aliphatic carbocycles. The van der Waals surface area contributed by atoms with Crippen molar-refractivity contribution in [1.29, 1.82) is 0 Å². The van der Waals surface area contributed by atoms with Gasteiger partial charge >= 0.3 is 0 Å². The monoisotopic (exact) mass is 189 g/mol. The molecule has 1 fully saturated rings. The number of likely N-dealkylation sites (tertiary alicyclic amines) is 1. The SMILES string of the molecule is CSC(C)CN1CCC(CO)C1. The van der Waals surface area contributed by atoms with Crippen LogP contribution in [-0.2, 0) is 0 Å². The highest BCUT2D eigenvalue weighted by Crippen LogP contribution is 2.17. The minimum absolute atomic E-state index is 0.365. The number of aliphatic hydroxyl groups is 1. The van der Waals surface area contributed by atoms with Crippen molar-refractivity contribution in [3.05, 3.63) is 0 Å². The van der Waals surface area contributed by atoms with Gasteiger partial charge in [-0.05, 0) is 25.1 Å². The molecule has 0 aromatic heterocycles. The van der Waals surface area contributed by atoms with E-state index < -0.39 is 0 Å². The topological polar surface area (TPSA) is 23.5 Å². The highest BCUT2D eigenvalue weighted by Gasteiger charge is 2.22. The van der Waals surface area contributed by atoms with Gasteiger partial charge in [0.2, 0.25) is 0 Å². The summed E-state index contributed by atoms with van der Waals surface area (Å²) in [6.07, 6.45) is 3.34. The third-order valence-corrected chi connectivity index (χ3v) is 3.50. The summed E-state index contributed by atoms with van der Waals surface area (Å²) in [7, 11) is 0. The second-order valence-electron chi connectivity index (χ2n) is 3.64. The Labute approximate surface area is 79.3 Å². The number of nitrogens with zero attached hydrogens (tertiary/aromatic N) is 1. The van der Waals surface area contributed by atoms with Gasteiger partial charge in [0.25, 0.3) is 0 Å². The zero-order valence-electron chi connectivity index (χ0n) is 7.99. The summed E-state index contributed by atoms with van der Waals surface area (Å²) in [5.74, 6) is 0.541. The highest BCUT2D eigenvalue weighted by molar-refractivity contribution is 7.99. The standard InChI is InChI=1S/C9H19NOS/c1-8(12-2)5-10-4-3-9(6-10)7-11/h8-9,11H,3-7H2,1-2H3. The van der Waals surface area contributed by atoms with E-state index in [4.69, 9.17) is 5.11 Å². The van der Waals surface area contributed by atoms with Crippen LogP contribution in [-0.4, -0.2) is 47.8 Å². The molecule has 1 aliphatic rings. The zero-order valence-corrected chi connectivity index (χ0v) is 8.81. The van der Waals surface area contributed by atoms with Crippen molar-refractivity contribution in [3.63, 3.8) is 0 Å². The van der Waals surface area contributed by atoms with Gasteiger partial charge in [-0.3, -0.25) is 0 Å². The van der Waals surface area contributed by atoms with E-state index in [-0.39, 0.29) is 0 Å². The van der Waals surface area contributed by atoms with Crippen molar-refractivity contribution in [2.75, 3.05) is 32.5 Å². The molecule has 1 heterocycles. The molecule has 1 saturated heterocycles. The van der Waals surface area contributed by atoms with Crippen molar-refractivity contribution >= 4 is 11.8 Å². The molecule has 0 amide bonds. The molecule has 2 unspecified atom stereocenters. The summed E-state index contributed by atoms with van der Waals surface area (Å²) in [4.78, 5) is 2.46. The Bertz CT molecular complexity index is 132. The van der Waals surface area contributed by atoms with Crippen LogP contribution in [0.3, 0.4) is 0 Å². The van der Waals surface area contributed by atoms with Crippen LogP contribution < -0.4 is 0 Å². The van der Waals surface area contributed by atoms with Crippen LogP contribution in [0.15, 0.2) is 0 Å². The minimum Gasteiger partial charge on any atom is -0.396 e. The van der Waals surface area contributed by atoms with Crippen molar-refractivity contribution in [2.45, 2.75) is 18.6 Å². The van der Waals surface area contributed by atoms with E-state index in [1.807, 2.05) is 11.8 Å². The second kappa shape index (κ2) is 5.10. The number of hydrogen-bond acceptors (Lipinski definition) is 3. The van der Waals surface area contributed by atoms with Crippen LogP contribution in [0, 0.1) is 5.92 Å². The second-order valence-corrected chi connectivity index (χ2v) is 4.92. The van der Waals surface area contributed by atoms with Crippen LogP contribution in [0.4, 0.5) is 0 Å². The third-order valence-electron chi connectivity index (χ3n) is 2.55. The Morgan fingerprint density at radius 3 is 2.92 bits per heavy atom. The molecule has 0 aromatic carbocycles. The lowest BCUT2D eigenvalue weighted by molar-refractivity contribution is 0.222. The van der Waals surface area contributed by atoms with Crippen molar-refractivity contribution in [2.24, 2.45) is 5.92 Å². The van der Waals surface area contributed by atoms with Gasteiger partial charge in [-0.1, -0.05) is 6.92 Å². The van der Waals surface area contributed by atoms with Crippen molar-refractivity contribution < 1.29 is 5.11 Å². The molecule has 1 rings (SSSR count). The van der Waals surface area contributed by atoms with Gasteiger partial charge in [-0.15, -0.1) is 0 Å². The maximum Gasteiger partial charge on any atom is 0.0471 e. The third kappa shape index (κ3) is 2.96. The quantitative estimate of drug-likeness (QED) is 0.715. The fraction of sp³-hybridized carbons (Fsp3) is 1.00. The van der Waals surface area contributed by atoms with Crippen LogP contribution >= 0.6 is 11.8 Å². The highest BCUT2D eigenvalue weighted by atomic mass is 32.2. The van der Waals surface area contributed by atoms with E-state index in [0.717, 1.165) is 11.8 Å². The van der Waals surface area contributed by atoms with E-state index in [1.54, 1.807) is 0 Å². The van der Waals surface area contributed by atoms with Gasteiger partial charge in [-0.2, -0.15) is 11.8 Å². The summed E-state index contributed by atoms with van der Waals surface area (Å²) < 4.78 is 0. The summed E-state index contributed by atoms with van der Waals surface area (Å²) in [5.41, 5.74) is 0. The largest absolute Gasteiger partial charge is 0.396 e. The molecule has 2 nitrogen and oxygen atoms in total. The predicted octanol–water partition coefficient (Wildman–Crippen LogP) is 1.05. The molecular weight excluding hydrogens is 170 g/mol. The first-order valence-electron chi connectivity index (χ1n) is 4.62. The maximum atomic E-state index is 8.94. The Balaban J connectivity index is 2.18. The molecule has 1 aliphatic heterocycles. The number of rotatable bonds is 4. The average Bonchev–Trinajstić information content (AvgIpc) is 2.52. The van der Waals surface area contributed by atoms with Gasteiger partial charge in [0.15, 0.2) is 0 Å². The number of hydrogen-bond donors (Lipinski definition) is 1. The molecule has 1 N–H and O–H groups in total. The zero-order chi connectivity index (χ0) is 8.97. The summed E-state index contributed by atoms with van der Waals surface area (Å²) in [5, 5.41) is 9.67. The summed E-state index contributed by atoms with van der Waals surface area (Å²) in [6.45, 7) is 6.08. The molecular formula is C9H19NOS.